The molecule has 0 heterocycles. The number of nitrogens with two attached hydrogens (primary N) is 1. The van der Waals surface area contributed by atoms with Crippen molar-refractivity contribution in [3.8, 4) is 0 Å². The summed E-state index contributed by atoms with van der Waals surface area (Å²) < 4.78 is 0. The number of rotatable bonds is 5. The van der Waals surface area contributed by atoms with E-state index in [0.717, 1.165) is 0 Å². The van der Waals surface area contributed by atoms with E-state index in [9.17, 15) is 9.90 Å². The molecule has 0 radical (unpaired) electrons. The molecule has 3 N–H and O–H groups in total. The Bertz CT molecular complexity index is 232. The van der Waals surface area contributed by atoms with Crippen molar-refractivity contribution in [2.75, 3.05) is 0 Å². The van der Waals surface area contributed by atoms with Crippen molar-refractivity contribution in [1.82, 2.24) is 0 Å². The Balaban J connectivity index is 4.70. The van der Waals surface area contributed by atoms with Crippen molar-refractivity contribution >= 4 is 5.78 Å². The van der Waals surface area contributed by atoms with Crippen LogP contribution in [-0.2, 0) is 4.79 Å². The summed E-state index contributed by atoms with van der Waals surface area (Å²) in [5.41, 5.74) is 5.31. The Morgan fingerprint density at radius 3 is 2.00 bits per heavy atom. The minimum absolute atomic E-state index is 0.161. The van der Waals surface area contributed by atoms with Crippen LogP contribution in [0.2, 0.25) is 0 Å². The van der Waals surface area contributed by atoms with Gasteiger partial charge in [0.2, 0.25) is 0 Å². The van der Waals surface area contributed by atoms with E-state index < -0.39 is 6.10 Å². The van der Waals surface area contributed by atoms with Gasteiger partial charge in [0, 0.05) is 11.5 Å². The third kappa shape index (κ3) is 3.92. The van der Waals surface area contributed by atoms with Crippen LogP contribution in [0.1, 0.15) is 48.0 Å². The summed E-state index contributed by atoms with van der Waals surface area (Å²) in [5.74, 6) is 0.161. The fourth-order valence-electron chi connectivity index (χ4n) is 2.03. The number of carbonyl (C=O) groups excluding carboxylic acids is 1. The van der Waals surface area contributed by atoms with Gasteiger partial charge >= 0.3 is 0 Å². The van der Waals surface area contributed by atoms with Gasteiger partial charge in [0.15, 0.2) is 0 Å². The summed E-state index contributed by atoms with van der Waals surface area (Å²) in [5, 5.41) is 9.48. The Morgan fingerprint density at radius 1 is 1.33 bits per heavy atom. The van der Waals surface area contributed by atoms with Crippen LogP contribution in [0, 0.1) is 10.8 Å². The minimum atomic E-state index is -0.553. The lowest BCUT2D eigenvalue weighted by Crippen LogP contribution is -2.48. The third-order valence-corrected chi connectivity index (χ3v) is 3.27. The Kier molecular flexibility index (Phi) is 4.49. The predicted molar refractivity (Wildman–Crippen MR) is 62.5 cm³/mol. The van der Waals surface area contributed by atoms with Crippen molar-refractivity contribution in [3.05, 3.63) is 0 Å². The number of carbonyl (C=O) groups is 1. The van der Waals surface area contributed by atoms with Crippen molar-refractivity contribution in [1.29, 1.82) is 0 Å². The molecule has 0 aliphatic rings. The highest BCUT2D eigenvalue weighted by atomic mass is 16.3. The highest BCUT2D eigenvalue weighted by Crippen LogP contribution is 2.36. The van der Waals surface area contributed by atoms with Crippen LogP contribution in [0.4, 0.5) is 0 Å². The number of ketones is 1. The van der Waals surface area contributed by atoms with Gasteiger partial charge in [-0.1, -0.05) is 27.7 Å². The van der Waals surface area contributed by atoms with Gasteiger partial charge in [-0.3, -0.25) is 4.79 Å². The second-order valence-corrected chi connectivity index (χ2v) is 5.87. The average molecular weight is 215 g/mol. The standard InChI is InChI=1S/C12H25NO2/c1-8(14)10(13)12(5,6)7-11(3,4)9(2)15/h8,10,14H,7,13H2,1-6H3. The highest BCUT2D eigenvalue weighted by Gasteiger charge is 2.37. The van der Waals surface area contributed by atoms with Crippen LogP contribution in [0.3, 0.4) is 0 Å². The van der Waals surface area contributed by atoms with E-state index in [-0.39, 0.29) is 22.7 Å². The Morgan fingerprint density at radius 2 is 1.73 bits per heavy atom. The molecule has 0 saturated heterocycles. The van der Waals surface area contributed by atoms with E-state index >= 15 is 0 Å². The van der Waals surface area contributed by atoms with Crippen LogP contribution in [-0.4, -0.2) is 23.0 Å². The molecule has 0 rings (SSSR count). The lowest BCUT2D eigenvalue weighted by Gasteiger charge is -2.39. The van der Waals surface area contributed by atoms with Gasteiger partial charge in [-0.25, -0.2) is 0 Å². The van der Waals surface area contributed by atoms with Crippen molar-refractivity contribution in [2.24, 2.45) is 16.6 Å². The first-order valence-electron chi connectivity index (χ1n) is 5.45. The van der Waals surface area contributed by atoms with Gasteiger partial charge in [-0.2, -0.15) is 0 Å². The number of Topliss-reactive ketones (excluding diaryl/α,β-unsaturated/α-hetero) is 1. The van der Waals surface area contributed by atoms with Crippen LogP contribution in [0.5, 0.6) is 0 Å². The zero-order chi connectivity index (χ0) is 12.4. The van der Waals surface area contributed by atoms with E-state index in [0.29, 0.717) is 6.42 Å². The van der Waals surface area contributed by atoms with Crippen LogP contribution >= 0.6 is 0 Å². The molecule has 0 aromatic carbocycles. The second-order valence-electron chi connectivity index (χ2n) is 5.87. The molecular weight excluding hydrogens is 190 g/mol. The first-order valence-corrected chi connectivity index (χ1v) is 5.45. The quantitative estimate of drug-likeness (QED) is 0.734. The molecule has 0 saturated carbocycles. The van der Waals surface area contributed by atoms with Gasteiger partial charge in [-0.05, 0) is 25.7 Å². The smallest absolute Gasteiger partial charge is 0.135 e. The summed E-state index contributed by atoms with van der Waals surface area (Å²) in [6.07, 6.45) is 0.129. The fourth-order valence-corrected chi connectivity index (χ4v) is 2.03. The zero-order valence-electron chi connectivity index (χ0n) is 10.8. The van der Waals surface area contributed by atoms with E-state index in [4.69, 9.17) is 5.73 Å². The maximum atomic E-state index is 11.4. The summed E-state index contributed by atoms with van der Waals surface area (Å²) in [6.45, 7) is 11.1. The van der Waals surface area contributed by atoms with Crippen molar-refractivity contribution in [3.63, 3.8) is 0 Å². The topological polar surface area (TPSA) is 63.3 Å². The molecule has 0 spiro atoms. The lowest BCUT2D eigenvalue weighted by molar-refractivity contribution is -0.126. The molecule has 15 heavy (non-hydrogen) atoms. The molecule has 3 nitrogen and oxygen atoms in total. The first-order chi connectivity index (χ1) is 6.50. The number of hydrogen-bond acceptors (Lipinski definition) is 3. The largest absolute Gasteiger partial charge is 0.392 e. The van der Waals surface area contributed by atoms with Gasteiger partial charge in [0.1, 0.15) is 5.78 Å². The molecule has 0 amide bonds. The van der Waals surface area contributed by atoms with E-state index in [1.165, 1.54) is 0 Å². The molecule has 0 fully saturated rings. The summed E-state index contributed by atoms with van der Waals surface area (Å²) >= 11 is 0. The SMILES string of the molecule is CC(=O)C(C)(C)CC(C)(C)C(N)C(C)O. The number of aliphatic hydroxyl groups is 1. The normalized spacial score (nSPS) is 17.3. The molecule has 0 aromatic heterocycles. The molecule has 0 aromatic rings. The summed E-state index contributed by atoms with van der Waals surface area (Å²) in [6, 6.07) is -0.309. The van der Waals surface area contributed by atoms with Gasteiger partial charge in [0.05, 0.1) is 6.10 Å². The molecule has 0 bridgehead atoms. The maximum absolute atomic E-state index is 11.4. The fraction of sp³-hybridized carbons (Fsp3) is 0.917. The van der Waals surface area contributed by atoms with Gasteiger partial charge in [-0.15, -0.1) is 0 Å². The van der Waals surface area contributed by atoms with E-state index in [2.05, 4.69) is 0 Å². The van der Waals surface area contributed by atoms with Gasteiger partial charge < -0.3 is 10.8 Å². The average Bonchev–Trinajstić information content (AvgIpc) is 2.00. The van der Waals surface area contributed by atoms with Gasteiger partial charge in [0.25, 0.3) is 0 Å². The third-order valence-electron chi connectivity index (χ3n) is 3.27. The molecule has 3 heteroatoms. The molecule has 90 valence electrons. The summed E-state index contributed by atoms with van der Waals surface area (Å²) in [4.78, 5) is 11.4. The van der Waals surface area contributed by atoms with Crippen LogP contribution in [0.25, 0.3) is 0 Å². The zero-order valence-corrected chi connectivity index (χ0v) is 10.8. The highest BCUT2D eigenvalue weighted by molar-refractivity contribution is 5.81. The lowest BCUT2D eigenvalue weighted by atomic mass is 9.69. The monoisotopic (exact) mass is 215 g/mol. The molecule has 2 atom stereocenters. The van der Waals surface area contributed by atoms with E-state index in [1.807, 2.05) is 27.7 Å². The minimum Gasteiger partial charge on any atom is -0.392 e. The maximum Gasteiger partial charge on any atom is 0.135 e. The molecule has 2 unspecified atom stereocenters. The van der Waals surface area contributed by atoms with Crippen molar-refractivity contribution < 1.29 is 9.90 Å². The van der Waals surface area contributed by atoms with Crippen molar-refractivity contribution in [2.45, 2.75) is 60.1 Å². The Labute approximate surface area is 93.0 Å². The molecule has 0 aliphatic carbocycles. The second kappa shape index (κ2) is 4.62. The van der Waals surface area contributed by atoms with E-state index in [1.54, 1.807) is 13.8 Å². The summed E-state index contributed by atoms with van der Waals surface area (Å²) in [7, 11) is 0. The predicted octanol–water partition coefficient (Wildman–Crippen LogP) is 1.73. The number of aliphatic hydroxyl groups excluding tert-OH is 1. The van der Waals surface area contributed by atoms with Crippen LogP contribution < -0.4 is 5.73 Å². The molecule has 0 aliphatic heterocycles. The first kappa shape index (κ1) is 14.6. The Hall–Kier alpha value is -0.410. The molecular formula is C12H25NO2. The van der Waals surface area contributed by atoms with Crippen LogP contribution in [0.15, 0.2) is 0 Å². The number of hydrogen-bond donors (Lipinski definition) is 2.